The van der Waals surface area contributed by atoms with E-state index in [9.17, 15) is 74.7 Å². The molecule has 270 valence electrons. The zero-order chi connectivity index (χ0) is 36.6. The number of benzene rings is 1. The molecule has 0 radical (unpaired) electrons. The summed E-state index contributed by atoms with van der Waals surface area (Å²) >= 11 is 0. The molecule has 5 rings (SSSR count). The first kappa shape index (κ1) is 37.8. The summed E-state index contributed by atoms with van der Waals surface area (Å²) in [5, 5.41) is -13.9. The summed E-state index contributed by atoms with van der Waals surface area (Å²) in [5.74, 6) is -20.0. The molecule has 1 aromatic carbocycles. The number of hydrogen-bond donors (Lipinski definition) is 1. The molecule has 9 nitrogen and oxygen atoms in total. The molecular weight excluding hydrogens is 727 g/mol. The quantitative estimate of drug-likeness (QED) is 0.215. The van der Waals surface area contributed by atoms with E-state index in [0.29, 0.717) is 24.8 Å². The molecule has 0 aromatic heterocycles. The molecule has 1 N–H and O–H groups in total. The summed E-state index contributed by atoms with van der Waals surface area (Å²) in [4.78, 5) is 25.2. The number of hydrogen-bond acceptors (Lipinski definition) is 8. The van der Waals surface area contributed by atoms with Crippen LogP contribution < -0.4 is 4.13 Å². The SMILES string of the molecule is C=Cc1ccc(C(=O)OC23CC4CC(CC(COC(=O)C(F)(F)S(=O)(=O)NS(=O)(=O)C(F)(F)C(F)(F)C(F)(F)C(F)(F)F)(C4)C2)C3)cc1. The Morgan fingerprint density at radius 3 is 1.83 bits per heavy atom. The van der Waals surface area contributed by atoms with Gasteiger partial charge in [0.15, 0.2) is 0 Å². The van der Waals surface area contributed by atoms with Gasteiger partial charge >= 0.3 is 50.5 Å². The van der Waals surface area contributed by atoms with Gasteiger partial charge in [0.2, 0.25) is 0 Å². The predicted octanol–water partition coefficient (Wildman–Crippen LogP) is 5.64. The molecular formula is C26H24F11NO8S2. The number of halogens is 11. The van der Waals surface area contributed by atoms with Crippen LogP contribution in [0.1, 0.15) is 54.4 Å². The normalized spacial score (nSPS) is 26.6. The highest BCUT2D eigenvalue weighted by atomic mass is 32.3. The van der Waals surface area contributed by atoms with E-state index in [1.54, 1.807) is 12.1 Å². The van der Waals surface area contributed by atoms with Gasteiger partial charge in [-0.15, -0.1) is 0 Å². The molecule has 4 saturated carbocycles. The molecule has 0 saturated heterocycles. The van der Waals surface area contributed by atoms with Crippen molar-refractivity contribution in [2.75, 3.05) is 6.61 Å². The highest BCUT2D eigenvalue weighted by Crippen LogP contribution is 2.63. The van der Waals surface area contributed by atoms with E-state index in [1.165, 1.54) is 18.2 Å². The number of carbonyl (C=O) groups excluding carboxylic acids is 2. The summed E-state index contributed by atoms with van der Waals surface area (Å²) in [7, 11) is -15.5. The van der Waals surface area contributed by atoms with Crippen LogP contribution in [0, 0.1) is 17.3 Å². The zero-order valence-corrected chi connectivity index (χ0v) is 25.6. The molecule has 0 amide bonds. The fourth-order valence-corrected chi connectivity index (χ4v) is 9.59. The Kier molecular flexibility index (Phi) is 9.08. The van der Waals surface area contributed by atoms with E-state index in [0.717, 1.165) is 0 Å². The second kappa shape index (κ2) is 11.5. The number of rotatable bonds is 12. The molecule has 4 aliphatic rings. The lowest BCUT2D eigenvalue weighted by Gasteiger charge is -2.60. The Morgan fingerprint density at radius 2 is 1.35 bits per heavy atom. The van der Waals surface area contributed by atoms with Crippen molar-refractivity contribution in [1.82, 2.24) is 4.13 Å². The van der Waals surface area contributed by atoms with Gasteiger partial charge in [0.05, 0.1) is 12.2 Å². The molecule has 0 heterocycles. The van der Waals surface area contributed by atoms with E-state index in [-0.39, 0.29) is 36.7 Å². The standard InChI is InChI=1S/C26H24F11NO8S2/c1-2-14-3-5-17(6-4-14)18(39)46-21-10-15-7-16(11-21)9-20(8-15,12-21)13-45-19(40)22(27,28)47(41,42)38-48(43,44)26(36,37)24(31,32)23(29,30)25(33,34)35/h2-6,15-16,38H,1,7-13H2. The van der Waals surface area contributed by atoms with E-state index in [2.05, 4.69) is 11.3 Å². The van der Waals surface area contributed by atoms with Crippen molar-refractivity contribution < 1.29 is 84.2 Å². The Bertz CT molecular complexity index is 1680. The number of esters is 2. The van der Waals surface area contributed by atoms with Gasteiger partial charge in [-0.2, -0.15) is 48.3 Å². The average Bonchev–Trinajstić information content (AvgIpc) is 2.93. The molecule has 2 atom stereocenters. The maximum Gasteiger partial charge on any atom is 0.460 e. The van der Waals surface area contributed by atoms with Crippen molar-refractivity contribution in [3.63, 3.8) is 0 Å². The van der Waals surface area contributed by atoms with Crippen molar-refractivity contribution in [2.24, 2.45) is 17.3 Å². The Balaban J connectivity index is 1.50. The van der Waals surface area contributed by atoms with E-state index < -0.39 is 82.3 Å². The monoisotopic (exact) mass is 751 g/mol. The third-order valence-corrected chi connectivity index (χ3v) is 12.1. The Labute approximate surface area is 264 Å². The van der Waals surface area contributed by atoms with Crippen LogP contribution >= 0.6 is 0 Å². The summed E-state index contributed by atoms with van der Waals surface area (Å²) in [6.45, 7) is 2.58. The lowest BCUT2D eigenvalue weighted by atomic mass is 9.48. The summed E-state index contributed by atoms with van der Waals surface area (Å²) in [6, 6.07) is 6.10. The molecule has 4 fully saturated rings. The first-order valence-electron chi connectivity index (χ1n) is 13.6. The van der Waals surface area contributed by atoms with Crippen LogP contribution in [0.15, 0.2) is 30.8 Å². The molecule has 0 aliphatic heterocycles. The predicted molar refractivity (Wildman–Crippen MR) is 140 cm³/mol. The molecule has 4 bridgehead atoms. The third-order valence-electron chi connectivity index (χ3n) is 8.58. The van der Waals surface area contributed by atoms with Crippen molar-refractivity contribution in [1.29, 1.82) is 0 Å². The molecule has 22 heteroatoms. The number of ether oxygens (including phenoxy) is 2. The maximum absolute atomic E-state index is 14.7. The van der Waals surface area contributed by atoms with Crippen LogP contribution in [0.5, 0.6) is 0 Å². The van der Waals surface area contributed by atoms with Gasteiger partial charge in [-0.3, -0.25) is 0 Å². The van der Waals surface area contributed by atoms with Crippen LogP contribution in [0.2, 0.25) is 0 Å². The van der Waals surface area contributed by atoms with Crippen molar-refractivity contribution in [3.8, 4) is 0 Å². The molecule has 4 aliphatic carbocycles. The van der Waals surface area contributed by atoms with Gasteiger partial charge in [-0.25, -0.2) is 26.4 Å². The minimum Gasteiger partial charge on any atom is -0.460 e. The van der Waals surface area contributed by atoms with Gasteiger partial charge in [0.25, 0.3) is 10.0 Å². The van der Waals surface area contributed by atoms with Crippen molar-refractivity contribution in [3.05, 3.63) is 42.0 Å². The van der Waals surface area contributed by atoms with Crippen molar-refractivity contribution >= 4 is 38.1 Å². The summed E-state index contributed by atoms with van der Waals surface area (Å²) < 4.78 is 204. The Morgan fingerprint density at radius 1 is 0.833 bits per heavy atom. The Hall–Kier alpha value is -3.01. The minimum atomic E-state index is -8.08. The van der Waals surface area contributed by atoms with E-state index >= 15 is 0 Å². The maximum atomic E-state index is 14.7. The fraction of sp³-hybridized carbons (Fsp3) is 0.615. The van der Waals surface area contributed by atoms with Crippen LogP contribution in [0.3, 0.4) is 0 Å². The van der Waals surface area contributed by atoms with Gasteiger partial charge in [0, 0.05) is 5.41 Å². The van der Waals surface area contributed by atoms with Crippen LogP contribution in [-0.2, 0) is 34.3 Å². The zero-order valence-electron chi connectivity index (χ0n) is 23.9. The largest absolute Gasteiger partial charge is 0.460 e. The second-order valence-corrected chi connectivity index (χ2v) is 15.9. The molecule has 0 spiro atoms. The minimum absolute atomic E-state index is 0.0730. The van der Waals surface area contributed by atoms with Gasteiger partial charge in [-0.1, -0.05) is 28.9 Å². The third kappa shape index (κ3) is 6.15. The van der Waals surface area contributed by atoms with E-state index in [1.807, 2.05) is 0 Å². The summed E-state index contributed by atoms with van der Waals surface area (Å²) in [6.07, 6.45) is -4.38. The van der Waals surface area contributed by atoms with E-state index in [4.69, 9.17) is 4.74 Å². The van der Waals surface area contributed by atoms with Gasteiger partial charge in [-0.05, 0) is 68.1 Å². The molecule has 1 aromatic rings. The van der Waals surface area contributed by atoms with Gasteiger partial charge < -0.3 is 9.47 Å². The average molecular weight is 752 g/mol. The number of sulfonamides is 2. The number of nitrogens with one attached hydrogen (secondary N) is 1. The smallest absolute Gasteiger partial charge is 0.460 e. The van der Waals surface area contributed by atoms with Gasteiger partial charge in [0.1, 0.15) is 5.60 Å². The highest BCUT2D eigenvalue weighted by molar-refractivity contribution is 8.06. The highest BCUT2D eigenvalue weighted by Gasteiger charge is 2.86. The lowest BCUT2D eigenvalue weighted by Crippen LogP contribution is -2.66. The topological polar surface area (TPSA) is 133 Å². The first-order chi connectivity index (χ1) is 21.6. The number of carbonyl (C=O) groups is 2. The fourth-order valence-electron chi connectivity index (χ4n) is 6.85. The lowest BCUT2D eigenvalue weighted by molar-refractivity contribution is -0.382. The van der Waals surface area contributed by atoms with Crippen LogP contribution in [0.4, 0.5) is 48.3 Å². The molecule has 2 unspecified atom stereocenters. The second-order valence-electron chi connectivity index (χ2n) is 12.2. The molecule has 48 heavy (non-hydrogen) atoms. The first-order valence-corrected chi connectivity index (χ1v) is 16.5. The number of alkyl halides is 11. The summed E-state index contributed by atoms with van der Waals surface area (Å²) in [5.41, 5.74) is -1.51. The van der Waals surface area contributed by atoms with Crippen molar-refractivity contribution in [2.45, 2.75) is 72.7 Å². The van der Waals surface area contributed by atoms with Crippen LogP contribution in [0.25, 0.3) is 6.08 Å². The van der Waals surface area contributed by atoms with Crippen LogP contribution in [-0.4, -0.2) is 69.5 Å².